The maximum Gasteiger partial charge on any atom is 0.200 e. The van der Waals surface area contributed by atoms with Crippen molar-refractivity contribution in [3.63, 3.8) is 0 Å². The van der Waals surface area contributed by atoms with Crippen molar-refractivity contribution >= 4 is 17.0 Å². The molecule has 26 heavy (non-hydrogen) atoms. The van der Waals surface area contributed by atoms with Gasteiger partial charge < -0.3 is 9.80 Å². The van der Waals surface area contributed by atoms with Crippen LogP contribution in [0.2, 0.25) is 0 Å². The van der Waals surface area contributed by atoms with Gasteiger partial charge >= 0.3 is 0 Å². The van der Waals surface area contributed by atoms with Crippen molar-refractivity contribution in [2.75, 3.05) is 36.0 Å². The standard InChI is InChI=1S/C19H25N7/c1-14(2)17-12-18(19-22-21-13-26(19)23-17)25-8-4-7-24(9-10-25)16-5-6-20-15(3)11-16/h5-6,11-14H,4,7-10H2,1-3H3. The summed E-state index contributed by atoms with van der Waals surface area (Å²) in [4.78, 5) is 9.18. The molecule has 136 valence electrons. The van der Waals surface area contributed by atoms with Crippen molar-refractivity contribution in [3.8, 4) is 0 Å². The predicted octanol–water partition coefficient (Wildman–Crippen LogP) is 2.67. The first kappa shape index (κ1) is 16.8. The van der Waals surface area contributed by atoms with E-state index in [1.807, 2.05) is 13.1 Å². The average molecular weight is 351 g/mol. The lowest BCUT2D eigenvalue weighted by Crippen LogP contribution is -2.31. The van der Waals surface area contributed by atoms with Gasteiger partial charge in [0.2, 0.25) is 5.65 Å². The summed E-state index contributed by atoms with van der Waals surface area (Å²) in [6.07, 6.45) is 4.68. The molecule has 1 fully saturated rings. The van der Waals surface area contributed by atoms with Crippen LogP contribution >= 0.6 is 0 Å². The third-order valence-corrected chi connectivity index (χ3v) is 4.94. The molecule has 1 aliphatic heterocycles. The monoisotopic (exact) mass is 351 g/mol. The van der Waals surface area contributed by atoms with Crippen LogP contribution in [0.15, 0.2) is 30.7 Å². The van der Waals surface area contributed by atoms with Gasteiger partial charge in [-0.3, -0.25) is 4.98 Å². The molecule has 0 aromatic carbocycles. The molecule has 7 nitrogen and oxygen atoms in total. The molecule has 0 radical (unpaired) electrons. The summed E-state index contributed by atoms with van der Waals surface area (Å²) in [5.41, 5.74) is 5.35. The Hall–Kier alpha value is -2.70. The van der Waals surface area contributed by atoms with Crippen LogP contribution in [0.1, 0.15) is 37.6 Å². The molecule has 4 rings (SSSR count). The van der Waals surface area contributed by atoms with Crippen LogP contribution in [0.3, 0.4) is 0 Å². The van der Waals surface area contributed by atoms with Gasteiger partial charge in [0.05, 0.1) is 11.4 Å². The normalized spacial score (nSPS) is 15.7. The summed E-state index contributed by atoms with van der Waals surface area (Å²) in [7, 11) is 0. The molecule has 0 bridgehead atoms. The van der Waals surface area contributed by atoms with Crippen molar-refractivity contribution in [2.24, 2.45) is 0 Å². The second-order valence-corrected chi connectivity index (χ2v) is 7.19. The van der Waals surface area contributed by atoms with Gasteiger partial charge in [-0.2, -0.15) is 9.61 Å². The molecular weight excluding hydrogens is 326 g/mol. The number of nitrogens with zero attached hydrogens (tertiary/aromatic N) is 7. The largest absolute Gasteiger partial charge is 0.370 e. The molecule has 0 amide bonds. The number of hydrogen-bond donors (Lipinski definition) is 0. The number of rotatable bonds is 3. The topological polar surface area (TPSA) is 62.5 Å². The highest BCUT2D eigenvalue weighted by atomic mass is 15.4. The number of aromatic nitrogens is 5. The van der Waals surface area contributed by atoms with E-state index in [4.69, 9.17) is 0 Å². The van der Waals surface area contributed by atoms with E-state index < -0.39 is 0 Å². The molecule has 0 unspecified atom stereocenters. The first-order valence-corrected chi connectivity index (χ1v) is 9.25. The smallest absolute Gasteiger partial charge is 0.200 e. The van der Waals surface area contributed by atoms with E-state index in [0.717, 1.165) is 55.3 Å². The van der Waals surface area contributed by atoms with E-state index >= 15 is 0 Å². The van der Waals surface area contributed by atoms with Gasteiger partial charge in [0.25, 0.3) is 0 Å². The Morgan fingerprint density at radius 1 is 1.04 bits per heavy atom. The molecule has 1 saturated heterocycles. The van der Waals surface area contributed by atoms with Gasteiger partial charge in [0, 0.05) is 43.8 Å². The van der Waals surface area contributed by atoms with Gasteiger partial charge in [-0.1, -0.05) is 13.8 Å². The quantitative estimate of drug-likeness (QED) is 0.723. The molecule has 1 aliphatic rings. The van der Waals surface area contributed by atoms with Gasteiger partial charge in [-0.15, -0.1) is 10.2 Å². The number of aryl methyl sites for hydroxylation is 1. The molecule has 3 aromatic rings. The van der Waals surface area contributed by atoms with Crippen LogP contribution in [0.25, 0.3) is 5.65 Å². The number of pyridine rings is 1. The Kier molecular flexibility index (Phi) is 4.44. The lowest BCUT2D eigenvalue weighted by molar-refractivity contribution is 0.750. The van der Waals surface area contributed by atoms with Gasteiger partial charge in [0.1, 0.15) is 6.33 Å². The van der Waals surface area contributed by atoms with E-state index in [9.17, 15) is 0 Å². The minimum Gasteiger partial charge on any atom is -0.370 e. The Bertz CT molecular complexity index is 902. The Balaban J connectivity index is 1.61. The van der Waals surface area contributed by atoms with Crippen molar-refractivity contribution in [3.05, 3.63) is 42.1 Å². The third kappa shape index (κ3) is 3.21. The molecule has 4 heterocycles. The second-order valence-electron chi connectivity index (χ2n) is 7.19. The summed E-state index contributed by atoms with van der Waals surface area (Å²) in [6, 6.07) is 6.44. The average Bonchev–Trinajstić information content (AvgIpc) is 2.97. The van der Waals surface area contributed by atoms with Crippen LogP contribution in [-0.2, 0) is 0 Å². The SMILES string of the molecule is Cc1cc(N2CCCN(c3cc(C(C)C)nn4cnnc34)CC2)ccn1. The minimum atomic E-state index is 0.365. The molecule has 0 atom stereocenters. The van der Waals surface area contributed by atoms with Crippen LogP contribution in [0.5, 0.6) is 0 Å². The van der Waals surface area contributed by atoms with Crippen LogP contribution < -0.4 is 9.80 Å². The number of hydrogen-bond acceptors (Lipinski definition) is 6. The molecule has 0 N–H and O–H groups in total. The molecule has 0 spiro atoms. The van der Waals surface area contributed by atoms with Gasteiger partial charge in [0.15, 0.2) is 0 Å². The van der Waals surface area contributed by atoms with E-state index in [1.54, 1.807) is 10.8 Å². The fraction of sp³-hybridized carbons (Fsp3) is 0.474. The highest BCUT2D eigenvalue weighted by molar-refractivity contribution is 5.68. The maximum absolute atomic E-state index is 4.63. The van der Waals surface area contributed by atoms with Gasteiger partial charge in [-0.05, 0) is 37.5 Å². The number of fused-ring (bicyclic) bond motifs is 1. The van der Waals surface area contributed by atoms with E-state index in [-0.39, 0.29) is 0 Å². The highest BCUT2D eigenvalue weighted by Crippen LogP contribution is 2.26. The lowest BCUT2D eigenvalue weighted by Gasteiger charge is -2.25. The minimum absolute atomic E-state index is 0.365. The van der Waals surface area contributed by atoms with E-state index in [2.05, 4.69) is 62.1 Å². The van der Waals surface area contributed by atoms with Crippen LogP contribution in [0, 0.1) is 6.92 Å². The van der Waals surface area contributed by atoms with Crippen molar-refractivity contribution in [1.29, 1.82) is 0 Å². The molecule has 3 aromatic heterocycles. The summed E-state index contributed by atoms with van der Waals surface area (Å²) >= 11 is 0. The first-order valence-electron chi connectivity index (χ1n) is 9.25. The third-order valence-electron chi connectivity index (χ3n) is 4.94. The van der Waals surface area contributed by atoms with Crippen molar-refractivity contribution < 1.29 is 0 Å². The summed E-state index contributed by atoms with van der Waals surface area (Å²) < 4.78 is 1.81. The fourth-order valence-corrected chi connectivity index (χ4v) is 3.49. The number of anilines is 2. The molecule has 0 saturated carbocycles. The van der Waals surface area contributed by atoms with Crippen LogP contribution in [0.4, 0.5) is 11.4 Å². The highest BCUT2D eigenvalue weighted by Gasteiger charge is 2.20. The zero-order chi connectivity index (χ0) is 18.1. The maximum atomic E-state index is 4.63. The van der Waals surface area contributed by atoms with Crippen LogP contribution in [-0.4, -0.2) is 51.0 Å². The lowest BCUT2D eigenvalue weighted by atomic mass is 10.1. The molecule has 7 heteroatoms. The zero-order valence-corrected chi connectivity index (χ0v) is 15.6. The van der Waals surface area contributed by atoms with Crippen molar-refractivity contribution in [2.45, 2.75) is 33.1 Å². The summed E-state index contributed by atoms with van der Waals surface area (Å²) in [6.45, 7) is 10.3. The van der Waals surface area contributed by atoms with E-state index in [1.165, 1.54) is 5.69 Å². The van der Waals surface area contributed by atoms with E-state index in [0.29, 0.717) is 5.92 Å². The van der Waals surface area contributed by atoms with Gasteiger partial charge in [-0.25, -0.2) is 0 Å². The second kappa shape index (κ2) is 6.90. The molecule has 0 aliphatic carbocycles. The summed E-state index contributed by atoms with van der Waals surface area (Å²) in [5.74, 6) is 0.365. The summed E-state index contributed by atoms with van der Waals surface area (Å²) in [5, 5.41) is 13.0. The Labute approximate surface area is 153 Å². The predicted molar refractivity (Wildman–Crippen MR) is 103 cm³/mol. The zero-order valence-electron chi connectivity index (χ0n) is 15.6. The Morgan fingerprint density at radius 2 is 1.85 bits per heavy atom. The molecular formula is C19H25N7. The van der Waals surface area contributed by atoms with Crippen molar-refractivity contribution in [1.82, 2.24) is 24.8 Å². The Morgan fingerprint density at radius 3 is 2.65 bits per heavy atom. The fourth-order valence-electron chi connectivity index (χ4n) is 3.49. The first-order chi connectivity index (χ1) is 12.6.